The van der Waals surface area contributed by atoms with E-state index in [9.17, 15) is 14.4 Å². The van der Waals surface area contributed by atoms with Crippen molar-refractivity contribution >= 4 is 23.5 Å². The van der Waals surface area contributed by atoms with E-state index < -0.39 is 11.9 Å². The van der Waals surface area contributed by atoms with E-state index in [2.05, 4.69) is 5.32 Å². The van der Waals surface area contributed by atoms with E-state index in [0.717, 1.165) is 0 Å². The lowest BCUT2D eigenvalue weighted by Crippen LogP contribution is -2.40. The van der Waals surface area contributed by atoms with Crippen LogP contribution in [0.3, 0.4) is 0 Å². The topological polar surface area (TPSA) is 103 Å². The summed E-state index contributed by atoms with van der Waals surface area (Å²) < 4.78 is 20.7. The second-order valence-corrected chi connectivity index (χ2v) is 6.65. The Morgan fingerprint density at radius 2 is 1.66 bits per heavy atom. The number of ether oxygens (including phenoxy) is 4. The van der Waals surface area contributed by atoms with Gasteiger partial charge in [-0.15, -0.1) is 0 Å². The van der Waals surface area contributed by atoms with Crippen LogP contribution in [0, 0.1) is 0 Å². The molecule has 32 heavy (non-hydrogen) atoms. The zero-order valence-electron chi connectivity index (χ0n) is 17.8. The Labute approximate surface area is 185 Å². The van der Waals surface area contributed by atoms with Gasteiger partial charge in [0.05, 0.1) is 44.2 Å². The lowest BCUT2D eigenvalue weighted by molar-refractivity contribution is -0.140. The van der Waals surface area contributed by atoms with Crippen molar-refractivity contribution in [1.82, 2.24) is 5.32 Å². The molecule has 0 saturated carbocycles. The third-order valence-corrected chi connectivity index (χ3v) is 4.67. The number of nitrogens with zero attached hydrogens (tertiary/aromatic N) is 1. The zero-order valence-corrected chi connectivity index (χ0v) is 17.8. The van der Waals surface area contributed by atoms with Gasteiger partial charge in [0, 0.05) is 0 Å². The number of rotatable bonds is 8. The van der Waals surface area contributed by atoms with Crippen molar-refractivity contribution in [3.8, 4) is 5.75 Å². The predicted octanol–water partition coefficient (Wildman–Crippen LogP) is 1.89. The van der Waals surface area contributed by atoms with Crippen LogP contribution in [0.25, 0.3) is 0 Å². The molecule has 0 radical (unpaired) electrons. The smallest absolute Gasteiger partial charge is 0.355 e. The van der Waals surface area contributed by atoms with Crippen LogP contribution < -0.4 is 15.0 Å². The number of nitrogens with one attached hydrogen (secondary N) is 1. The zero-order chi connectivity index (χ0) is 22.9. The summed E-state index contributed by atoms with van der Waals surface area (Å²) in [6.45, 7) is 0.390. The fraction of sp³-hybridized carbons (Fsp3) is 0.261. The molecular weight excluding hydrogens is 416 g/mol. The molecule has 1 aliphatic rings. The third-order valence-electron chi connectivity index (χ3n) is 4.67. The molecule has 1 N–H and O–H groups in total. The number of methoxy groups -OCH3 is 2. The first-order chi connectivity index (χ1) is 15.6. The van der Waals surface area contributed by atoms with Crippen LogP contribution in [0.4, 0.5) is 5.69 Å². The average Bonchev–Trinajstić information content (AvgIpc) is 2.85. The second kappa shape index (κ2) is 11.0. The molecule has 1 heterocycles. The average molecular weight is 440 g/mol. The lowest BCUT2D eigenvalue weighted by atomic mass is 10.1. The second-order valence-electron chi connectivity index (χ2n) is 6.65. The van der Waals surface area contributed by atoms with Crippen molar-refractivity contribution in [3.05, 3.63) is 71.4 Å². The number of hydrogen-bond acceptors (Lipinski definition) is 8. The molecule has 0 fully saturated rings. The van der Waals surface area contributed by atoms with Gasteiger partial charge in [-0.05, 0) is 24.3 Å². The molecule has 0 unspecified atom stereocenters. The Bertz CT molecular complexity index is 1000. The standard InChI is InChI=1S/C23H24N2O7/c1-29-22(27)18-14-31-15-25(20(18)23(28)30-2)19-11-7-6-10-17(19)21(26)24-12-13-32-16-8-4-3-5-9-16/h3-11H,12-15H2,1-2H3,(H,24,26). The first-order valence-electron chi connectivity index (χ1n) is 9.87. The first kappa shape index (κ1) is 22.8. The quantitative estimate of drug-likeness (QED) is 0.490. The predicted molar refractivity (Wildman–Crippen MR) is 115 cm³/mol. The van der Waals surface area contributed by atoms with Crippen LogP contribution >= 0.6 is 0 Å². The van der Waals surface area contributed by atoms with Crippen LogP contribution in [0.5, 0.6) is 5.75 Å². The maximum absolute atomic E-state index is 12.9. The van der Waals surface area contributed by atoms with Gasteiger partial charge in [0.2, 0.25) is 0 Å². The molecule has 1 amide bonds. The minimum absolute atomic E-state index is 0.0112. The number of esters is 2. The minimum atomic E-state index is -0.736. The molecule has 9 nitrogen and oxygen atoms in total. The van der Waals surface area contributed by atoms with Crippen molar-refractivity contribution in [1.29, 1.82) is 0 Å². The van der Waals surface area contributed by atoms with Gasteiger partial charge in [-0.2, -0.15) is 0 Å². The molecule has 2 aromatic rings. The molecule has 9 heteroatoms. The molecule has 0 spiro atoms. The van der Waals surface area contributed by atoms with Gasteiger partial charge in [-0.3, -0.25) is 4.79 Å². The Morgan fingerprint density at radius 1 is 0.969 bits per heavy atom. The van der Waals surface area contributed by atoms with Crippen LogP contribution in [-0.4, -0.2) is 58.6 Å². The van der Waals surface area contributed by atoms with Crippen molar-refractivity contribution in [2.75, 3.05) is 45.6 Å². The van der Waals surface area contributed by atoms with Gasteiger partial charge in [0.15, 0.2) is 0 Å². The van der Waals surface area contributed by atoms with Crippen molar-refractivity contribution in [2.24, 2.45) is 0 Å². The van der Waals surface area contributed by atoms with Gasteiger partial charge in [0.1, 0.15) is 24.8 Å². The molecule has 168 valence electrons. The van der Waals surface area contributed by atoms with Gasteiger partial charge in [-0.25, -0.2) is 9.59 Å². The highest BCUT2D eigenvalue weighted by atomic mass is 16.5. The normalized spacial score (nSPS) is 13.4. The van der Waals surface area contributed by atoms with Crippen LogP contribution in [-0.2, 0) is 23.8 Å². The number of hydrogen-bond donors (Lipinski definition) is 1. The van der Waals surface area contributed by atoms with Crippen molar-refractivity contribution in [2.45, 2.75) is 0 Å². The first-order valence-corrected chi connectivity index (χ1v) is 9.87. The summed E-state index contributed by atoms with van der Waals surface area (Å²) >= 11 is 0. The van der Waals surface area contributed by atoms with Gasteiger partial charge < -0.3 is 29.2 Å². The SMILES string of the molecule is COC(=O)C1=C(C(=O)OC)N(c2ccccc2C(=O)NCCOc2ccccc2)COC1. The molecule has 3 rings (SSSR count). The van der Waals surface area contributed by atoms with E-state index in [-0.39, 0.29) is 43.7 Å². The van der Waals surface area contributed by atoms with Crippen LogP contribution in [0.15, 0.2) is 65.9 Å². The minimum Gasteiger partial charge on any atom is -0.492 e. The number of anilines is 1. The number of benzene rings is 2. The maximum atomic E-state index is 12.9. The summed E-state index contributed by atoms with van der Waals surface area (Å²) in [5.74, 6) is -1.11. The lowest BCUT2D eigenvalue weighted by Gasteiger charge is -2.32. The molecule has 0 saturated heterocycles. The maximum Gasteiger partial charge on any atom is 0.355 e. The van der Waals surface area contributed by atoms with E-state index in [1.807, 2.05) is 30.3 Å². The fourth-order valence-electron chi connectivity index (χ4n) is 3.18. The monoisotopic (exact) mass is 440 g/mol. The molecule has 0 aliphatic carbocycles. The van der Waals surface area contributed by atoms with Crippen molar-refractivity contribution in [3.63, 3.8) is 0 Å². The van der Waals surface area contributed by atoms with E-state index >= 15 is 0 Å². The van der Waals surface area contributed by atoms with Crippen LogP contribution in [0.1, 0.15) is 10.4 Å². The molecule has 1 aliphatic heterocycles. The number of carbonyl (C=O) groups excluding carboxylic acids is 3. The largest absolute Gasteiger partial charge is 0.492 e. The number of carbonyl (C=O) groups is 3. The summed E-state index contributed by atoms with van der Waals surface area (Å²) in [4.78, 5) is 39.0. The summed E-state index contributed by atoms with van der Waals surface area (Å²) in [5.41, 5.74) is 0.661. The third kappa shape index (κ3) is 5.25. The highest BCUT2D eigenvalue weighted by Gasteiger charge is 2.33. The number of amides is 1. The molecular formula is C23H24N2O7. The summed E-state index contributed by atoms with van der Waals surface area (Å²) in [5, 5.41) is 2.80. The molecule has 0 aromatic heterocycles. The highest BCUT2D eigenvalue weighted by Crippen LogP contribution is 2.29. The molecule has 2 aromatic carbocycles. The van der Waals surface area contributed by atoms with E-state index in [1.54, 1.807) is 24.3 Å². The highest BCUT2D eigenvalue weighted by molar-refractivity contribution is 6.06. The molecule has 0 atom stereocenters. The van der Waals surface area contributed by atoms with E-state index in [0.29, 0.717) is 17.0 Å². The van der Waals surface area contributed by atoms with Gasteiger partial charge in [0.25, 0.3) is 5.91 Å². The Morgan fingerprint density at radius 3 is 2.38 bits per heavy atom. The fourth-order valence-corrected chi connectivity index (χ4v) is 3.18. The Balaban J connectivity index is 1.80. The van der Waals surface area contributed by atoms with E-state index in [1.165, 1.54) is 19.1 Å². The Kier molecular flexibility index (Phi) is 7.82. The summed E-state index contributed by atoms with van der Waals surface area (Å²) in [7, 11) is 2.42. The van der Waals surface area contributed by atoms with E-state index in [4.69, 9.17) is 18.9 Å². The summed E-state index contributed by atoms with van der Waals surface area (Å²) in [6, 6.07) is 15.9. The van der Waals surface area contributed by atoms with Gasteiger partial charge >= 0.3 is 11.9 Å². The summed E-state index contributed by atoms with van der Waals surface area (Å²) in [6.07, 6.45) is 0. The van der Waals surface area contributed by atoms with Crippen molar-refractivity contribution < 1.29 is 33.3 Å². The van der Waals surface area contributed by atoms with Gasteiger partial charge in [-0.1, -0.05) is 30.3 Å². The number of para-hydroxylation sites is 2. The molecule has 0 bridgehead atoms. The van der Waals surface area contributed by atoms with Crippen LogP contribution in [0.2, 0.25) is 0 Å². The Hall–Kier alpha value is -3.85.